The third-order valence-electron chi connectivity index (χ3n) is 11.7. The van der Waals surface area contributed by atoms with Crippen molar-refractivity contribution >= 4 is 33.2 Å². The van der Waals surface area contributed by atoms with Crippen LogP contribution in [-0.4, -0.2) is 82.1 Å². The Hall–Kier alpha value is -2.37. The zero-order chi connectivity index (χ0) is 33.9. The molecule has 0 unspecified atom stereocenters. The van der Waals surface area contributed by atoms with Crippen molar-refractivity contribution in [3.05, 3.63) is 58.1 Å². The van der Waals surface area contributed by atoms with Gasteiger partial charge < -0.3 is 19.5 Å². The van der Waals surface area contributed by atoms with Gasteiger partial charge in [-0.05, 0) is 111 Å². The molecule has 2 bridgehead atoms. The minimum Gasteiger partial charge on any atom is -0.487 e. The first-order valence-corrected chi connectivity index (χ1v) is 19.8. The Morgan fingerprint density at radius 3 is 2.56 bits per heavy atom. The van der Waals surface area contributed by atoms with Gasteiger partial charge in [0.1, 0.15) is 12.4 Å². The minimum atomic E-state index is -3.93. The largest absolute Gasteiger partial charge is 0.487 e. The SMILES string of the molecule is C[C@@H]1[C@@H](C)CCC[C@@](CO)(CN2CCOCC2)[C@@H]2CC[C@H]2CN2CCCCc3cc(Cl)ccc3COc3ccc(cc32)C(=O)NS1(=O)=O. The summed E-state index contributed by atoms with van der Waals surface area (Å²) >= 11 is 6.37. The lowest BCUT2D eigenvalue weighted by Crippen LogP contribution is -2.54. The lowest BCUT2D eigenvalue weighted by molar-refractivity contribution is -0.0696. The highest BCUT2D eigenvalue weighted by Gasteiger charge is 2.48. The van der Waals surface area contributed by atoms with Gasteiger partial charge in [0, 0.05) is 48.7 Å². The van der Waals surface area contributed by atoms with Gasteiger partial charge in [0.05, 0.1) is 30.8 Å². The van der Waals surface area contributed by atoms with E-state index in [1.807, 2.05) is 31.2 Å². The molecule has 3 heterocycles. The standard InChI is InChI=1S/C37H52ClN3O6S/c1-26-6-5-14-37(25-42,24-40-16-18-46-19-17-40)33-12-9-30(33)22-41-15-4-3-7-28-20-32(38)11-8-31(28)23-47-35-13-10-29(21-34(35)41)36(43)39-48(44,45)27(26)2/h8,10-11,13,20-21,26-27,30,33,42H,3-7,9,12,14-19,22-25H2,1-2H3,(H,39,43)/t26-,27+,30-,33+,37-/m0/s1. The number of aryl methyl sites for hydroxylation is 1. The van der Waals surface area contributed by atoms with E-state index in [9.17, 15) is 18.3 Å². The van der Waals surface area contributed by atoms with E-state index < -0.39 is 21.2 Å². The number of amides is 1. The first-order chi connectivity index (χ1) is 23.1. The van der Waals surface area contributed by atoms with Crippen molar-refractivity contribution in [2.24, 2.45) is 23.2 Å². The van der Waals surface area contributed by atoms with E-state index in [0.29, 0.717) is 54.4 Å². The molecular weight excluding hydrogens is 650 g/mol. The van der Waals surface area contributed by atoms with Crippen LogP contribution in [0.15, 0.2) is 36.4 Å². The summed E-state index contributed by atoms with van der Waals surface area (Å²) in [6, 6.07) is 11.2. The van der Waals surface area contributed by atoms with Crippen molar-refractivity contribution in [2.75, 3.05) is 57.4 Å². The predicted octanol–water partition coefficient (Wildman–Crippen LogP) is 5.67. The van der Waals surface area contributed by atoms with Crippen molar-refractivity contribution in [1.29, 1.82) is 0 Å². The molecule has 264 valence electrons. The Morgan fingerprint density at radius 2 is 1.81 bits per heavy atom. The monoisotopic (exact) mass is 701 g/mol. The number of ether oxygens (including phenoxy) is 2. The quantitative estimate of drug-likeness (QED) is 0.422. The number of benzene rings is 2. The molecule has 2 aromatic rings. The number of fused-ring (bicyclic) bond motifs is 3. The molecule has 48 heavy (non-hydrogen) atoms. The van der Waals surface area contributed by atoms with Gasteiger partial charge in [-0.15, -0.1) is 0 Å². The van der Waals surface area contributed by atoms with Crippen molar-refractivity contribution in [3.63, 3.8) is 0 Å². The number of carbonyl (C=O) groups excluding carboxylic acids is 1. The van der Waals surface area contributed by atoms with Crippen LogP contribution < -0.4 is 14.4 Å². The van der Waals surface area contributed by atoms with E-state index in [2.05, 4.69) is 14.5 Å². The maximum atomic E-state index is 13.5. The highest BCUT2D eigenvalue weighted by atomic mass is 35.5. The number of halogens is 1. The summed E-state index contributed by atoms with van der Waals surface area (Å²) in [5.74, 6) is 0.584. The van der Waals surface area contributed by atoms with Crippen molar-refractivity contribution < 1.29 is 27.8 Å². The molecule has 4 aliphatic rings. The zero-order valence-electron chi connectivity index (χ0n) is 28.5. The van der Waals surface area contributed by atoms with Crippen molar-refractivity contribution in [1.82, 2.24) is 9.62 Å². The number of carbonyl (C=O) groups is 1. The van der Waals surface area contributed by atoms with E-state index in [-0.39, 0.29) is 17.9 Å². The molecule has 2 fully saturated rings. The number of nitrogens with one attached hydrogen (secondary N) is 1. The van der Waals surface area contributed by atoms with E-state index in [1.165, 1.54) is 5.56 Å². The van der Waals surface area contributed by atoms with Crippen LogP contribution in [0.5, 0.6) is 5.75 Å². The van der Waals surface area contributed by atoms with Crippen LogP contribution >= 0.6 is 11.6 Å². The Kier molecular flexibility index (Phi) is 11.3. The topological polar surface area (TPSA) is 108 Å². The smallest absolute Gasteiger partial charge is 0.264 e. The van der Waals surface area contributed by atoms with E-state index in [0.717, 1.165) is 88.9 Å². The summed E-state index contributed by atoms with van der Waals surface area (Å²) in [4.78, 5) is 18.3. The van der Waals surface area contributed by atoms with Gasteiger partial charge in [0.15, 0.2) is 0 Å². The van der Waals surface area contributed by atoms with Gasteiger partial charge in [0.2, 0.25) is 10.0 Å². The number of anilines is 1. The summed E-state index contributed by atoms with van der Waals surface area (Å²) in [7, 11) is -3.93. The average molecular weight is 702 g/mol. The summed E-state index contributed by atoms with van der Waals surface area (Å²) in [6.45, 7) is 9.60. The first kappa shape index (κ1) is 35.5. The lowest BCUT2D eigenvalue weighted by Gasteiger charge is -2.53. The maximum absolute atomic E-state index is 13.5. The fraction of sp³-hybridized carbons (Fsp3) is 0.649. The van der Waals surface area contributed by atoms with Crippen molar-refractivity contribution in [3.8, 4) is 5.75 Å². The van der Waals surface area contributed by atoms with Crippen LogP contribution in [0.4, 0.5) is 5.69 Å². The fourth-order valence-electron chi connectivity index (χ4n) is 8.39. The molecular formula is C37H52ClN3O6S. The van der Waals surface area contributed by atoms with Gasteiger partial charge in [-0.1, -0.05) is 31.0 Å². The Morgan fingerprint density at radius 1 is 1.00 bits per heavy atom. The highest BCUT2D eigenvalue weighted by Crippen LogP contribution is 2.51. The molecule has 0 spiro atoms. The molecule has 11 heteroatoms. The summed E-state index contributed by atoms with van der Waals surface area (Å²) in [6.07, 6.45) is 7.29. The van der Waals surface area contributed by atoms with Crippen LogP contribution in [0.25, 0.3) is 0 Å². The molecule has 1 aliphatic carbocycles. The molecule has 5 atom stereocenters. The Bertz CT molecular complexity index is 1550. The number of aliphatic hydroxyl groups is 1. The Balaban J connectivity index is 1.39. The summed E-state index contributed by atoms with van der Waals surface area (Å²) in [5.41, 5.74) is 3.08. The molecule has 1 amide bonds. The van der Waals surface area contributed by atoms with Gasteiger partial charge >= 0.3 is 0 Å². The van der Waals surface area contributed by atoms with Crippen LogP contribution in [0.3, 0.4) is 0 Å². The first-order valence-electron chi connectivity index (χ1n) is 17.8. The van der Waals surface area contributed by atoms with Crippen LogP contribution in [0.2, 0.25) is 5.02 Å². The third-order valence-corrected chi connectivity index (χ3v) is 13.9. The number of rotatable bonds is 3. The summed E-state index contributed by atoms with van der Waals surface area (Å²) < 4.78 is 41.5. The molecule has 2 aromatic carbocycles. The number of hydrogen-bond acceptors (Lipinski definition) is 8. The third kappa shape index (κ3) is 7.83. The maximum Gasteiger partial charge on any atom is 0.264 e. The minimum absolute atomic E-state index is 0.106. The molecule has 2 N–H and O–H groups in total. The zero-order valence-corrected chi connectivity index (χ0v) is 30.0. The normalized spacial score (nSPS) is 30.4. The molecule has 9 nitrogen and oxygen atoms in total. The molecule has 6 rings (SSSR count). The molecule has 1 saturated heterocycles. The van der Waals surface area contributed by atoms with Crippen LogP contribution in [-0.2, 0) is 27.8 Å². The second-order valence-corrected chi connectivity index (χ2v) is 17.2. The second-order valence-electron chi connectivity index (χ2n) is 14.7. The van der Waals surface area contributed by atoms with Crippen LogP contribution in [0.1, 0.15) is 80.3 Å². The number of sulfonamides is 1. The van der Waals surface area contributed by atoms with Gasteiger partial charge in [-0.2, -0.15) is 0 Å². The predicted molar refractivity (Wildman–Crippen MR) is 189 cm³/mol. The summed E-state index contributed by atoms with van der Waals surface area (Å²) in [5, 5.41) is 11.2. The number of nitrogens with zero attached hydrogens (tertiary/aromatic N) is 2. The van der Waals surface area contributed by atoms with Crippen molar-refractivity contribution in [2.45, 2.75) is 77.1 Å². The number of aliphatic hydroxyl groups excluding tert-OH is 1. The number of hydrogen-bond donors (Lipinski definition) is 2. The highest BCUT2D eigenvalue weighted by molar-refractivity contribution is 7.90. The molecule has 0 radical (unpaired) electrons. The van der Waals surface area contributed by atoms with E-state index in [1.54, 1.807) is 19.1 Å². The molecule has 3 aliphatic heterocycles. The van der Waals surface area contributed by atoms with E-state index >= 15 is 0 Å². The molecule has 1 saturated carbocycles. The van der Waals surface area contributed by atoms with Gasteiger partial charge in [-0.3, -0.25) is 9.69 Å². The van der Waals surface area contributed by atoms with Gasteiger partial charge in [0.25, 0.3) is 5.91 Å². The molecule has 0 aromatic heterocycles. The average Bonchev–Trinajstić information content (AvgIpc) is 3.09. The van der Waals surface area contributed by atoms with E-state index in [4.69, 9.17) is 21.1 Å². The van der Waals surface area contributed by atoms with Gasteiger partial charge in [-0.25, -0.2) is 13.1 Å². The second kappa shape index (κ2) is 15.3. The Labute approximate surface area is 291 Å². The number of morpholine rings is 1. The lowest BCUT2D eigenvalue weighted by atomic mass is 9.57. The fourth-order valence-corrected chi connectivity index (χ4v) is 9.89. The van der Waals surface area contributed by atoms with Crippen LogP contribution in [0, 0.1) is 23.2 Å².